The number of carbonyl (C=O) groups excluding carboxylic acids is 4. The average Bonchev–Trinajstić information content (AvgIpc) is 0.838. The lowest BCUT2D eigenvalue weighted by Crippen LogP contribution is -2.46. The Balaban J connectivity index is 0.000000282. The number of aliphatic hydroxyl groups is 4. The predicted octanol–water partition coefficient (Wildman–Crippen LogP) is 23.1. The number of rotatable bonds is 65. The summed E-state index contributed by atoms with van der Waals surface area (Å²) < 4.78 is 87.0. The molecule has 0 radical (unpaired) electrons. The molecule has 9 rings (SSSR count). The summed E-state index contributed by atoms with van der Waals surface area (Å²) in [7, 11) is -7.36. The Kier molecular flexibility index (Phi) is 60.3. The van der Waals surface area contributed by atoms with E-state index in [1.807, 2.05) is 202 Å². The highest BCUT2D eigenvalue weighted by Gasteiger charge is 2.43. The van der Waals surface area contributed by atoms with Crippen LogP contribution < -0.4 is 0 Å². The molecule has 0 bridgehead atoms. The number of hydrogen-bond donors (Lipinski definition) is 4. The molecule has 0 spiro atoms. The molecule has 9 aromatic carbocycles. The molecule has 0 heterocycles. The van der Waals surface area contributed by atoms with Crippen LogP contribution >= 0.6 is 47.0 Å². The lowest BCUT2D eigenvalue weighted by Gasteiger charge is -2.28. The maximum Gasteiger partial charge on any atom is 0.500 e. The molecule has 0 aliphatic carbocycles. The second kappa shape index (κ2) is 69.7. The minimum absolute atomic E-state index is 0.000631. The summed E-state index contributed by atoms with van der Waals surface area (Å²) in [6.07, 6.45) is 4.59. The molecule has 23 nitrogen and oxygen atoms in total. The van der Waals surface area contributed by atoms with E-state index in [4.69, 9.17) is 72.7 Å². The molecule has 138 heavy (non-hydrogen) atoms. The third-order valence-electron chi connectivity index (χ3n) is 22.1. The number of thioether (sulfide) groups is 4. The van der Waals surface area contributed by atoms with Crippen molar-refractivity contribution in [1.29, 1.82) is 0 Å². The second-order valence-electron chi connectivity index (χ2n) is 32.3. The third-order valence-corrected chi connectivity index (χ3v) is 40.1. The number of ether oxygens (including phenoxy) is 4. The highest BCUT2D eigenvalue weighted by Crippen LogP contribution is 2.40. The second-order valence-corrected chi connectivity index (χ2v) is 49.2. The fourth-order valence-electron chi connectivity index (χ4n) is 15.0. The van der Waals surface area contributed by atoms with Gasteiger partial charge in [-0.1, -0.05) is 232 Å². The van der Waals surface area contributed by atoms with Crippen molar-refractivity contribution in [1.82, 2.24) is 0 Å². The van der Waals surface area contributed by atoms with Gasteiger partial charge in [0.1, 0.15) is 26.4 Å². The van der Waals surface area contributed by atoms with Gasteiger partial charge in [0.25, 0.3) is 0 Å². The molecule has 9 aromatic rings. The van der Waals surface area contributed by atoms with Crippen molar-refractivity contribution in [2.75, 3.05) is 103 Å². The Morgan fingerprint density at radius 2 is 0.565 bits per heavy atom. The highest BCUT2D eigenvalue weighted by molar-refractivity contribution is 8.00. The van der Waals surface area contributed by atoms with Gasteiger partial charge in [0.15, 0.2) is 0 Å². The molecule has 4 atom stereocenters. The first-order valence-electron chi connectivity index (χ1n) is 48.4. The van der Waals surface area contributed by atoms with E-state index in [0.717, 1.165) is 122 Å². The van der Waals surface area contributed by atoms with E-state index in [1.54, 1.807) is 79.5 Å². The van der Waals surface area contributed by atoms with Gasteiger partial charge < -0.3 is 88.1 Å². The van der Waals surface area contributed by atoms with Crippen LogP contribution in [-0.4, -0.2) is 182 Å². The average molecular weight is 2050 g/mol. The zero-order valence-corrected chi connectivity index (χ0v) is 90.6. The van der Waals surface area contributed by atoms with Gasteiger partial charge >= 0.3 is 58.9 Å². The monoisotopic (exact) mass is 2040 g/mol. The first-order valence-corrected chi connectivity index (χ1v) is 60.6. The number of hydrogen-bond acceptors (Lipinski definition) is 27. The summed E-state index contributed by atoms with van der Waals surface area (Å²) in [6.45, 7) is 27.9. The van der Waals surface area contributed by atoms with Crippen LogP contribution in [0.4, 0.5) is 0 Å². The molecule has 0 aliphatic rings. The van der Waals surface area contributed by atoms with E-state index < -0.39 is 35.0 Å². The molecule has 31 heteroatoms. The minimum atomic E-state index is -2.66. The fraction of sp³-hybridized carbons (Fsp3) is 0.477. The maximum absolute atomic E-state index is 12.8. The molecule has 0 aliphatic heterocycles. The Hall–Kier alpha value is -7.21. The molecule has 0 saturated heterocycles. The summed E-state index contributed by atoms with van der Waals surface area (Å²) in [5.74, 6) is 2.99. The molecule has 0 saturated carbocycles. The van der Waals surface area contributed by atoms with Crippen molar-refractivity contribution >= 4 is 117 Å². The van der Waals surface area contributed by atoms with Crippen LogP contribution in [0.15, 0.2) is 231 Å². The lowest BCUT2D eigenvalue weighted by molar-refractivity contribution is -0.145. The van der Waals surface area contributed by atoms with E-state index in [-0.39, 0.29) is 97.2 Å². The van der Waals surface area contributed by atoms with Gasteiger partial charge in [-0.2, -0.15) is 47.0 Å². The van der Waals surface area contributed by atoms with Crippen molar-refractivity contribution in [3.63, 3.8) is 0 Å². The predicted molar refractivity (Wildman–Crippen MR) is 566 cm³/mol. The minimum Gasteiger partial charge on any atom is -0.461 e. The summed E-state index contributed by atoms with van der Waals surface area (Å²) >= 11 is 6.98. The molecule has 4 N–H and O–H groups in total. The highest BCUT2D eigenvalue weighted by atomic mass is 32.2. The van der Waals surface area contributed by atoms with Gasteiger partial charge in [-0.05, 0) is 213 Å². The Labute approximate surface area is 843 Å². The van der Waals surface area contributed by atoms with Crippen LogP contribution in [0.1, 0.15) is 221 Å². The topological polar surface area (TPSA) is 288 Å². The summed E-state index contributed by atoms with van der Waals surface area (Å²) in [5.41, 5.74) is 11.5. The molecular weight excluding hydrogens is 1890 g/mol. The Morgan fingerprint density at radius 1 is 0.290 bits per heavy atom. The van der Waals surface area contributed by atoms with Crippen LogP contribution in [0.2, 0.25) is 24.2 Å². The van der Waals surface area contributed by atoms with Crippen molar-refractivity contribution in [2.24, 2.45) is 0 Å². The Morgan fingerprint density at radius 3 is 0.862 bits per heavy atom. The molecular formula is C107H152O23S4Si4. The third kappa shape index (κ3) is 44.7. The molecule has 758 valence electrons. The van der Waals surface area contributed by atoms with Crippen LogP contribution in [-0.2, 0) is 133 Å². The van der Waals surface area contributed by atoms with E-state index in [9.17, 15) is 34.5 Å². The van der Waals surface area contributed by atoms with Gasteiger partial charge in [-0.3, -0.25) is 19.2 Å². The van der Waals surface area contributed by atoms with Crippen LogP contribution in [0, 0.1) is 0 Å². The maximum atomic E-state index is 12.8. The largest absolute Gasteiger partial charge is 0.500 e. The van der Waals surface area contributed by atoms with Gasteiger partial charge in [0.05, 0.1) is 51.7 Å². The van der Waals surface area contributed by atoms with Gasteiger partial charge in [0.2, 0.25) is 0 Å². The normalized spacial score (nSPS) is 12.5. The molecule has 0 fully saturated rings. The number of fused-ring (bicyclic) bond motifs is 1. The van der Waals surface area contributed by atoms with E-state index in [2.05, 4.69) is 86.6 Å². The van der Waals surface area contributed by atoms with Gasteiger partial charge in [-0.15, -0.1) is 0 Å². The lowest BCUT2D eigenvalue weighted by atomic mass is 10.0. The zero-order chi connectivity index (χ0) is 99.9. The molecule has 0 aromatic heterocycles. The summed E-state index contributed by atoms with van der Waals surface area (Å²) in [5, 5.41) is 39.9. The van der Waals surface area contributed by atoms with Crippen LogP contribution in [0.3, 0.4) is 0 Å². The van der Waals surface area contributed by atoms with Gasteiger partial charge in [0, 0.05) is 113 Å². The van der Waals surface area contributed by atoms with Crippen molar-refractivity contribution in [2.45, 2.75) is 225 Å². The Bertz CT molecular complexity index is 4700. The number of aliphatic hydroxyl groups excluding tert-OH is 4. The first-order chi connectivity index (χ1) is 67.1. The van der Waals surface area contributed by atoms with E-state index in [1.165, 1.54) is 10.9 Å². The quantitative estimate of drug-likeness (QED) is 0.0119. The van der Waals surface area contributed by atoms with Crippen molar-refractivity contribution in [3.05, 3.63) is 297 Å². The summed E-state index contributed by atoms with van der Waals surface area (Å²) in [4.78, 5) is 50.8. The SMILES string of the molecule is CCO[Si](CCCSC(CC(=O)OCc1ccc(C(C)C)cc1)c1ccccc1)(OCC)OCC.CCO[Si](CCCSC(CC(=O)OCc1ccc(CO)cc1)c1ccccc1)(OCC)OCC.CCO[Si](CCCSC(CC(=O)OCc1ccc2ccccc2c1)c1ccccc1)(OCC)OCC.CO[Si](CO)(CCCSC(CC(=O)OCc1ccc(CO)c(CO)c1)c1ccccc1)OC. The number of esters is 4. The van der Waals surface area contributed by atoms with E-state index in [0.29, 0.717) is 108 Å². The zero-order valence-electron chi connectivity index (χ0n) is 83.3. The first kappa shape index (κ1) is 119. The van der Waals surface area contributed by atoms with Crippen LogP contribution in [0.25, 0.3) is 10.8 Å². The fourth-order valence-corrected chi connectivity index (χ4v) is 30.4. The van der Waals surface area contributed by atoms with Crippen molar-refractivity contribution in [3.8, 4) is 0 Å². The molecule has 0 amide bonds. The molecule has 4 unspecified atom stereocenters. The summed E-state index contributed by atoms with van der Waals surface area (Å²) in [6, 6.07) is 78.6. The number of carbonyl (C=O) groups is 4. The van der Waals surface area contributed by atoms with Crippen LogP contribution in [0.5, 0.6) is 0 Å². The smallest absolute Gasteiger partial charge is 0.461 e. The van der Waals surface area contributed by atoms with Crippen molar-refractivity contribution < 1.29 is 107 Å². The number of benzene rings is 9. The van der Waals surface area contributed by atoms with E-state index >= 15 is 0 Å². The van der Waals surface area contributed by atoms with Gasteiger partial charge in [-0.25, -0.2) is 0 Å². The standard InChI is InChI=1S/C29H38O5SSi.C28H42O5SSi.C26H38O6SSi.C24H34O7SSi/c1-4-32-36(33-5-2,34-6-3)20-12-19-35-28(26-14-8-7-9-15-26)22-29(30)31-23-24-17-18-25-13-10-11-16-27(25)21-24;1-6-31-35(32-7-2,33-8-3)20-12-19-34-27(26-13-10-9-11-14-26)21-28(29)30-22-24-15-17-25(18-16-24)23(4)5;1-4-30-34(31-5-2,32-6-3)18-10-17-33-25(24-11-8-7-9-12-24)19-26(28)29-21-23-15-13-22(20-27)14-16-23;1-29-33(18-27,30-2)12-6-11-32-23(20-7-4-3-5-8-20)14-24(28)31-17-19-9-10-21(15-25)22(13-19)16-26/h7-11,13-18,21,28H,4-6,12,19-20,22-23H2,1-3H3;9-11,13-18,23,27H,6-8,12,19-22H2,1-5H3;7-9,11-16,25,27H,4-6,10,17-21H2,1-3H3;3-5,7-10,13,23,25-27H,6,11-12,14-18H2,1-2H3.